The molecule has 29 heavy (non-hydrogen) atoms. The van der Waals surface area contributed by atoms with Crippen molar-refractivity contribution in [1.29, 1.82) is 5.26 Å². The molecule has 144 valence electrons. The van der Waals surface area contributed by atoms with E-state index in [1.165, 1.54) is 24.3 Å². The number of nitrogens with one attached hydrogen (secondary N) is 1. The molecule has 7 heteroatoms. The molecule has 1 N–H and O–H groups in total. The zero-order valence-corrected chi connectivity index (χ0v) is 16.0. The number of carbonyl (C=O) groups excluding carboxylic acids is 1. The number of nitrogens with zero attached hydrogens (tertiary/aromatic N) is 4. The number of amides is 1. The minimum atomic E-state index is -0.432. The van der Waals surface area contributed by atoms with Crippen LogP contribution in [-0.4, -0.2) is 20.4 Å². The van der Waals surface area contributed by atoms with Gasteiger partial charge in [0, 0.05) is 11.6 Å². The first kappa shape index (κ1) is 18.6. The second-order valence-corrected chi connectivity index (χ2v) is 6.81. The number of halogens is 1. The molecule has 4 aromatic rings. The molecule has 2 aromatic carbocycles. The van der Waals surface area contributed by atoms with Gasteiger partial charge in [0.15, 0.2) is 5.65 Å². The molecule has 2 aromatic heterocycles. The highest BCUT2D eigenvalue weighted by Gasteiger charge is 2.24. The number of benzene rings is 2. The smallest absolute Gasteiger partial charge is 0.256 e. The minimum absolute atomic E-state index is 0.0291. The van der Waals surface area contributed by atoms with Crippen LogP contribution in [-0.2, 0) is 0 Å². The fraction of sp³-hybridized carbons (Fsp3) is 0.182. The zero-order valence-electron chi connectivity index (χ0n) is 16.0. The van der Waals surface area contributed by atoms with Gasteiger partial charge >= 0.3 is 0 Å². The summed E-state index contributed by atoms with van der Waals surface area (Å²) in [6.45, 7) is 4.01. The summed E-state index contributed by atoms with van der Waals surface area (Å²) in [5.74, 6) is -0.507. The Morgan fingerprint density at radius 2 is 1.83 bits per heavy atom. The predicted octanol–water partition coefficient (Wildman–Crippen LogP) is 4.82. The van der Waals surface area contributed by atoms with E-state index in [9.17, 15) is 14.4 Å². The molecule has 0 spiro atoms. The fourth-order valence-corrected chi connectivity index (χ4v) is 3.29. The van der Waals surface area contributed by atoms with Gasteiger partial charge in [0.1, 0.15) is 28.8 Å². The minimum Gasteiger partial charge on any atom is -0.307 e. The van der Waals surface area contributed by atoms with Crippen molar-refractivity contribution in [3.05, 3.63) is 65.5 Å². The molecule has 6 nitrogen and oxygen atoms in total. The largest absolute Gasteiger partial charge is 0.307 e. The number of rotatable bonds is 4. The maximum absolute atomic E-state index is 13.2. The van der Waals surface area contributed by atoms with E-state index in [0.29, 0.717) is 33.6 Å². The fourth-order valence-electron chi connectivity index (χ4n) is 3.29. The average molecular weight is 387 g/mol. The Morgan fingerprint density at radius 1 is 1.17 bits per heavy atom. The molecule has 0 fully saturated rings. The Labute approximate surface area is 166 Å². The molecule has 0 saturated heterocycles. The third-order valence-electron chi connectivity index (χ3n) is 4.98. The van der Waals surface area contributed by atoms with Gasteiger partial charge in [0.2, 0.25) is 0 Å². The van der Waals surface area contributed by atoms with Gasteiger partial charge in [0.25, 0.3) is 5.91 Å². The number of fused-ring (bicyclic) bond motifs is 2. The molecular formula is C22H18FN5O. The number of hydrogen-bond acceptors (Lipinski definition) is 4. The number of nitriles is 1. The number of anilines is 1. The lowest BCUT2D eigenvalue weighted by atomic mass is 10.2. The Kier molecular flexibility index (Phi) is 4.69. The van der Waals surface area contributed by atoms with E-state index < -0.39 is 11.7 Å². The molecule has 2 heterocycles. The Morgan fingerprint density at radius 3 is 2.45 bits per heavy atom. The average Bonchev–Trinajstić information content (AvgIpc) is 3.03. The van der Waals surface area contributed by atoms with Gasteiger partial charge in [-0.3, -0.25) is 4.79 Å². The van der Waals surface area contributed by atoms with E-state index in [4.69, 9.17) is 4.98 Å². The molecule has 1 amide bonds. The predicted molar refractivity (Wildman–Crippen MR) is 109 cm³/mol. The highest BCUT2D eigenvalue weighted by molar-refractivity contribution is 6.06. The van der Waals surface area contributed by atoms with Gasteiger partial charge in [0.05, 0.1) is 11.0 Å². The first-order chi connectivity index (χ1) is 14.0. The summed E-state index contributed by atoms with van der Waals surface area (Å²) >= 11 is 0. The van der Waals surface area contributed by atoms with Crippen LogP contribution in [0.2, 0.25) is 0 Å². The lowest BCUT2D eigenvalue weighted by Gasteiger charge is -2.17. The maximum atomic E-state index is 13.2. The van der Waals surface area contributed by atoms with Gasteiger partial charge < -0.3 is 9.88 Å². The van der Waals surface area contributed by atoms with E-state index in [1.54, 1.807) is 0 Å². The first-order valence-corrected chi connectivity index (χ1v) is 9.31. The summed E-state index contributed by atoms with van der Waals surface area (Å²) in [5, 5.41) is 12.7. The van der Waals surface area contributed by atoms with Crippen LogP contribution in [0.1, 0.15) is 42.2 Å². The van der Waals surface area contributed by atoms with E-state index in [2.05, 4.69) is 16.4 Å². The van der Waals surface area contributed by atoms with Crippen molar-refractivity contribution in [2.24, 2.45) is 0 Å². The quantitative estimate of drug-likeness (QED) is 0.544. The van der Waals surface area contributed by atoms with Crippen LogP contribution < -0.4 is 5.32 Å². The number of hydrogen-bond donors (Lipinski definition) is 1. The monoisotopic (exact) mass is 387 g/mol. The molecule has 0 bridgehead atoms. The summed E-state index contributed by atoms with van der Waals surface area (Å²) in [4.78, 5) is 22.1. The van der Waals surface area contributed by atoms with Crippen molar-refractivity contribution >= 4 is 33.9 Å². The van der Waals surface area contributed by atoms with E-state index in [-0.39, 0.29) is 11.6 Å². The van der Waals surface area contributed by atoms with Gasteiger partial charge in [-0.1, -0.05) is 19.1 Å². The van der Waals surface area contributed by atoms with Crippen LogP contribution in [0.15, 0.2) is 48.5 Å². The number of carbonyl (C=O) groups is 1. The molecular weight excluding hydrogens is 369 g/mol. The summed E-state index contributed by atoms with van der Waals surface area (Å²) in [6.07, 6.45) is 0.766. The third-order valence-corrected chi connectivity index (χ3v) is 4.98. The second kappa shape index (κ2) is 7.32. The standard InChI is InChI=1S/C22H18FN5O/c1-3-13(2)28-20(27-22(29)14-8-10-15(23)11-9-14)16(12-24)19-21(28)26-18-7-5-4-6-17(18)25-19/h4-11,13H,3H2,1-2H3,(H,27,29)/t13-/m0/s1. The van der Waals surface area contributed by atoms with Crippen LogP contribution in [0, 0.1) is 17.1 Å². The second-order valence-electron chi connectivity index (χ2n) is 6.81. The van der Waals surface area contributed by atoms with Gasteiger partial charge in [-0.15, -0.1) is 0 Å². The third kappa shape index (κ3) is 3.19. The summed E-state index contributed by atoms with van der Waals surface area (Å²) < 4.78 is 15.0. The molecule has 1 atom stereocenters. The van der Waals surface area contributed by atoms with Gasteiger partial charge in [-0.25, -0.2) is 14.4 Å². The van der Waals surface area contributed by atoms with E-state index >= 15 is 0 Å². The zero-order chi connectivity index (χ0) is 20.5. The molecule has 0 aliphatic carbocycles. The molecule has 4 rings (SSSR count). The van der Waals surface area contributed by atoms with Crippen molar-refractivity contribution in [2.75, 3.05) is 5.32 Å². The van der Waals surface area contributed by atoms with Crippen LogP contribution in [0.4, 0.5) is 10.2 Å². The number of aromatic nitrogens is 3. The van der Waals surface area contributed by atoms with Crippen LogP contribution in [0.3, 0.4) is 0 Å². The van der Waals surface area contributed by atoms with Crippen LogP contribution >= 0.6 is 0 Å². The lowest BCUT2D eigenvalue weighted by molar-refractivity contribution is 0.102. The Bertz CT molecular complexity index is 1270. The van der Waals surface area contributed by atoms with Crippen LogP contribution in [0.25, 0.3) is 22.2 Å². The highest BCUT2D eigenvalue weighted by atomic mass is 19.1. The SMILES string of the molecule is CC[C@H](C)n1c(NC(=O)c2ccc(F)cc2)c(C#N)c2nc3ccccc3nc21. The van der Waals surface area contributed by atoms with Crippen molar-refractivity contribution in [3.8, 4) is 6.07 Å². The van der Waals surface area contributed by atoms with Crippen molar-refractivity contribution in [3.63, 3.8) is 0 Å². The highest BCUT2D eigenvalue weighted by Crippen LogP contribution is 2.33. The van der Waals surface area contributed by atoms with Gasteiger partial charge in [-0.2, -0.15) is 5.26 Å². The molecule has 0 radical (unpaired) electrons. The van der Waals surface area contributed by atoms with E-state index in [0.717, 1.165) is 6.42 Å². The van der Waals surface area contributed by atoms with Gasteiger partial charge in [-0.05, 0) is 49.7 Å². The summed E-state index contributed by atoms with van der Waals surface area (Å²) in [5.41, 5.74) is 2.93. The molecule has 0 aliphatic heterocycles. The first-order valence-electron chi connectivity index (χ1n) is 9.31. The molecule has 0 unspecified atom stereocenters. The summed E-state index contributed by atoms with van der Waals surface area (Å²) in [6, 6.07) is 14.8. The van der Waals surface area contributed by atoms with Crippen LogP contribution in [0.5, 0.6) is 0 Å². The van der Waals surface area contributed by atoms with Crippen molar-refractivity contribution in [2.45, 2.75) is 26.3 Å². The number of para-hydroxylation sites is 2. The Balaban J connectivity index is 1.93. The maximum Gasteiger partial charge on any atom is 0.256 e. The summed E-state index contributed by atoms with van der Waals surface area (Å²) in [7, 11) is 0. The lowest BCUT2D eigenvalue weighted by Crippen LogP contribution is -2.17. The van der Waals surface area contributed by atoms with Crippen molar-refractivity contribution < 1.29 is 9.18 Å². The topological polar surface area (TPSA) is 83.6 Å². The van der Waals surface area contributed by atoms with Crippen molar-refractivity contribution in [1.82, 2.24) is 14.5 Å². The molecule has 0 saturated carbocycles. The molecule has 0 aliphatic rings. The van der Waals surface area contributed by atoms with E-state index in [1.807, 2.05) is 42.7 Å². The Hall–Kier alpha value is -3.79. The normalized spacial score (nSPS) is 12.1.